The Balaban J connectivity index is 2.32. The summed E-state index contributed by atoms with van der Waals surface area (Å²) >= 11 is 0. The number of benzene rings is 2. The molecule has 0 amide bonds. The fourth-order valence-electron chi connectivity index (χ4n) is 1.86. The summed E-state index contributed by atoms with van der Waals surface area (Å²) < 4.78 is 0. The van der Waals surface area contributed by atoms with Gasteiger partial charge in [-0.3, -0.25) is 0 Å². The lowest BCUT2D eigenvalue weighted by atomic mass is 10.4. The SMILES string of the molecule is C[C@H](N)CP(c1ccccc1)c1ccccc1. The van der Waals surface area contributed by atoms with Gasteiger partial charge in [-0.15, -0.1) is 0 Å². The van der Waals surface area contributed by atoms with E-state index in [0.29, 0.717) is 0 Å². The molecule has 0 aromatic heterocycles. The molecule has 0 bridgehead atoms. The molecule has 17 heavy (non-hydrogen) atoms. The van der Waals surface area contributed by atoms with Crippen molar-refractivity contribution in [1.82, 2.24) is 0 Å². The predicted molar refractivity (Wildman–Crippen MR) is 77.6 cm³/mol. The lowest BCUT2D eigenvalue weighted by molar-refractivity contribution is 0.844. The van der Waals surface area contributed by atoms with E-state index in [4.69, 9.17) is 5.73 Å². The molecule has 88 valence electrons. The van der Waals surface area contributed by atoms with Gasteiger partial charge in [0.05, 0.1) is 0 Å². The van der Waals surface area contributed by atoms with Gasteiger partial charge in [0.2, 0.25) is 0 Å². The minimum absolute atomic E-state index is 0.238. The summed E-state index contributed by atoms with van der Waals surface area (Å²) in [6, 6.07) is 21.6. The van der Waals surface area contributed by atoms with Crippen molar-refractivity contribution in [2.24, 2.45) is 5.73 Å². The summed E-state index contributed by atoms with van der Waals surface area (Å²) in [5, 5.41) is 2.82. The van der Waals surface area contributed by atoms with E-state index in [2.05, 4.69) is 67.6 Å². The van der Waals surface area contributed by atoms with Gasteiger partial charge in [-0.1, -0.05) is 60.7 Å². The Bertz CT molecular complexity index is 399. The lowest BCUT2D eigenvalue weighted by Gasteiger charge is -2.20. The number of hydrogen-bond acceptors (Lipinski definition) is 1. The van der Waals surface area contributed by atoms with Crippen LogP contribution in [0.3, 0.4) is 0 Å². The molecule has 0 saturated heterocycles. The van der Waals surface area contributed by atoms with Crippen LogP contribution in [0.25, 0.3) is 0 Å². The van der Waals surface area contributed by atoms with E-state index >= 15 is 0 Å². The maximum atomic E-state index is 5.98. The summed E-state index contributed by atoms with van der Waals surface area (Å²) in [4.78, 5) is 0. The van der Waals surface area contributed by atoms with E-state index in [1.54, 1.807) is 0 Å². The first kappa shape index (κ1) is 12.3. The van der Waals surface area contributed by atoms with Crippen molar-refractivity contribution < 1.29 is 0 Å². The highest BCUT2D eigenvalue weighted by molar-refractivity contribution is 7.73. The highest BCUT2D eigenvalue weighted by Crippen LogP contribution is 2.33. The molecule has 1 nitrogen and oxygen atoms in total. The molecule has 0 saturated carbocycles. The number of hydrogen-bond donors (Lipinski definition) is 1. The zero-order valence-corrected chi connectivity index (χ0v) is 11.0. The maximum absolute atomic E-state index is 5.98. The van der Waals surface area contributed by atoms with Crippen LogP contribution >= 0.6 is 7.92 Å². The summed E-state index contributed by atoms with van der Waals surface area (Å²) in [7, 11) is -0.315. The smallest absolute Gasteiger partial charge is 0.00557 e. The largest absolute Gasteiger partial charge is 0.328 e. The first-order chi connectivity index (χ1) is 8.27. The third-order valence-corrected chi connectivity index (χ3v) is 5.39. The average Bonchev–Trinajstić information content (AvgIpc) is 2.38. The van der Waals surface area contributed by atoms with Crippen LogP contribution in [0.1, 0.15) is 6.92 Å². The Kier molecular flexibility index (Phi) is 4.30. The van der Waals surface area contributed by atoms with Gasteiger partial charge in [0.15, 0.2) is 0 Å². The van der Waals surface area contributed by atoms with Gasteiger partial charge in [-0.05, 0) is 31.6 Å². The van der Waals surface area contributed by atoms with Gasteiger partial charge in [0, 0.05) is 6.04 Å². The second-order valence-corrected chi connectivity index (χ2v) is 6.51. The van der Waals surface area contributed by atoms with Crippen LogP contribution in [0.15, 0.2) is 60.7 Å². The highest BCUT2D eigenvalue weighted by Gasteiger charge is 2.14. The molecule has 0 radical (unpaired) electrons. The van der Waals surface area contributed by atoms with Gasteiger partial charge >= 0.3 is 0 Å². The minimum atomic E-state index is -0.315. The molecule has 2 N–H and O–H groups in total. The first-order valence-corrected chi connectivity index (χ1v) is 7.43. The standard InChI is InChI=1S/C15H18NP/c1-13(16)12-17(14-8-4-2-5-9-14)15-10-6-3-7-11-15/h2-11,13H,12,16H2,1H3/t13-/m0/s1. The van der Waals surface area contributed by atoms with Crippen molar-refractivity contribution in [2.75, 3.05) is 6.16 Å². The zero-order valence-electron chi connectivity index (χ0n) is 10.1. The average molecular weight is 243 g/mol. The Morgan fingerprint density at radius 3 is 1.65 bits per heavy atom. The molecule has 2 heteroatoms. The minimum Gasteiger partial charge on any atom is -0.328 e. The molecule has 2 rings (SSSR count). The molecule has 0 aliphatic carbocycles. The van der Waals surface area contributed by atoms with Crippen molar-refractivity contribution in [3.8, 4) is 0 Å². The van der Waals surface area contributed by atoms with Crippen LogP contribution in [-0.2, 0) is 0 Å². The lowest BCUT2D eigenvalue weighted by Crippen LogP contribution is -2.25. The van der Waals surface area contributed by atoms with Crippen LogP contribution in [0.5, 0.6) is 0 Å². The van der Waals surface area contributed by atoms with E-state index in [-0.39, 0.29) is 14.0 Å². The van der Waals surface area contributed by atoms with Gasteiger partial charge in [-0.25, -0.2) is 0 Å². The van der Waals surface area contributed by atoms with Crippen LogP contribution in [0.2, 0.25) is 0 Å². The second kappa shape index (κ2) is 5.95. The Hall–Kier alpha value is -1.17. The third kappa shape index (κ3) is 3.39. The normalized spacial score (nSPS) is 12.6. The summed E-state index contributed by atoms with van der Waals surface area (Å²) in [5.74, 6) is 0. The van der Waals surface area contributed by atoms with E-state index < -0.39 is 0 Å². The Labute approximate surface area is 104 Å². The quantitative estimate of drug-likeness (QED) is 0.820. The molecule has 0 unspecified atom stereocenters. The molecule has 2 aromatic carbocycles. The zero-order chi connectivity index (χ0) is 12.1. The summed E-state index contributed by atoms with van der Waals surface area (Å²) in [6.07, 6.45) is 1.04. The van der Waals surface area contributed by atoms with E-state index in [0.717, 1.165) is 6.16 Å². The van der Waals surface area contributed by atoms with Gasteiger partial charge in [0.25, 0.3) is 0 Å². The fourth-order valence-corrected chi connectivity index (χ4v) is 4.22. The van der Waals surface area contributed by atoms with Crippen molar-refractivity contribution >= 4 is 18.5 Å². The van der Waals surface area contributed by atoms with Crippen molar-refractivity contribution in [2.45, 2.75) is 13.0 Å². The molecule has 0 heterocycles. The summed E-state index contributed by atoms with van der Waals surface area (Å²) in [5.41, 5.74) is 5.98. The van der Waals surface area contributed by atoms with Crippen molar-refractivity contribution in [3.63, 3.8) is 0 Å². The van der Waals surface area contributed by atoms with Crippen molar-refractivity contribution in [1.29, 1.82) is 0 Å². The molecule has 2 aromatic rings. The van der Waals surface area contributed by atoms with Crippen LogP contribution in [0, 0.1) is 0 Å². The van der Waals surface area contributed by atoms with Gasteiger partial charge in [0.1, 0.15) is 0 Å². The topological polar surface area (TPSA) is 26.0 Å². The van der Waals surface area contributed by atoms with Crippen LogP contribution < -0.4 is 16.3 Å². The molecule has 0 aliphatic rings. The molecule has 0 spiro atoms. The monoisotopic (exact) mass is 243 g/mol. The van der Waals surface area contributed by atoms with Gasteiger partial charge < -0.3 is 5.73 Å². The second-order valence-electron chi connectivity index (χ2n) is 4.26. The molecular weight excluding hydrogens is 225 g/mol. The number of rotatable bonds is 4. The Morgan fingerprint density at radius 1 is 0.882 bits per heavy atom. The molecule has 1 atom stereocenters. The Morgan fingerprint density at radius 2 is 1.29 bits per heavy atom. The van der Waals surface area contributed by atoms with E-state index in [1.807, 2.05) is 0 Å². The van der Waals surface area contributed by atoms with Crippen LogP contribution in [-0.4, -0.2) is 12.2 Å². The molecule has 0 aliphatic heterocycles. The summed E-state index contributed by atoms with van der Waals surface area (Å²) in [6.45, 7) is 2.08. The van der Waals surface area contributed by atoms with Crippen LogP contribution in [0.4, 0.5) is 0 Å². The third-order valence-electron chi connectivity index (χ3n) is 2.61. The van der Waals surface area contributed by atoms with E-state index in [9.17, 15) is 0 Å². The predicted octanol–water partition coefficient (Wildman–Crippen LogP) is 2.47. The molecule has 0 fully saturated rings. The molecular formula is C15H18NP. The number of nitrogens with two attached hydrogens (primary N) is 1. The maximum Gasteiger partial charge on any atom is 0.00557 e. The van der Waals surface area contributed by atoms with Gasteiger partial charge in [-0.2, -0.15) is 0 Å². The highest BCUT2D eigenvalue weighted by atomic mass is 31.1. The first-order valence-electron chi connectivity index (χ1n) is 5.90. The fraction of sp³-hybridized carbons (Fsp3) is 0.200. The van der Waals surface area contributed by atoms with E-state index in [1.165, 1.54) is 10.6 Å². The van der Waals surface area contributed by atoms with Crippen molar-refractivity contribution in [3.05, 3.63) is 60.7 Å².